The maximum atomic E-state index is 13.1. The van der Waals surface area contributed by atoms with E-state index in [9.17, 15) is 27.8 Å². The van der Waals surface area contributed by atoms with E-state index < -0.39 is 49.7 Å². The molecule has 2 N–H and O–H groups in total. The molecule has 7 heteroatoms. The monoisotopic (exact) mass is 338 g/mol. The zero-order chi connectivity index (χ0) is 14.2. The van der Waals surface area contributed by atoms with Crippen molar-refractivity contribution in [1.82, 2.24) is 0 Å². The van der Waals surface area contributed by atoms with Crippen LogP contribution in [0, 0.1) is 23.3 Å². The standard InChI is InChI=1S/C12H6F4O2Se/c13-5-1-7(15)11(17)9(3-5)19-10-4-6(14)2-8(16)12(10)18/h1-4,17-18H. The van der Waals surface area contributed by atoms with Gasteiger partial charge in [0.1, 0.15) is 0 Å². The molecule has 0 saturated heterocycles. The molecule has 100 valence electrons. The molecule has 0 heterocycles. The van der Waals surface area contributed by atoms with Crippen LogP contribution in [-0.4, -0.2) is 25.2 Å². The average molecular weight is 337 g/mol. The van der Waals surface area contributed by atoms with Crippen molar-refractivity contribution in [1.29, 1.82) is 0 Å². The Labute approximate surface area is 111 Å². The van der Waals surface area contributed by atoms with Gasteiger partial charge in [0.15, 0.2) is 0 Å². The van der Waals surface area contributed by atoms with Crippen molar-refractivity contribution in [2.45, 2.75) is 0 Å². The fraction of sp³-hybridized carbons (Fsp3) is 0. The number of aromatic hydroxyl groups is 2. The molecule has 19 heavy (non-hydrogen) atoms. The van der Waals surface area contributed by atoms with Gasteiger partial charge in [0.25, 0.3) is 0 Å². The van der Waals surface area contributed by atoms with Crippen molar-refractivity contribution in [3.63, 3.8) is 0 Å². The number of phenols is 2. The molecule has 0 aliphatic carbocycles. The summed E-state index contributed by atoms with van der Waals surface area (Å²) in [7, 11) is 0. The predicted molar refractivity (Wildman–Crippen MR) is 61.1 cm³/mol. The summed E-state index contributed by atoms with van der Waals surface area (Å²) in [5, 5.41) is 18.8. The van der Waals surface area contributed by atoms with Gasteiger partial charge in [-0.3, -0.25) is 0 Å². The summed E-state index contributed by atoms with van der Waals surface area (Å²) >= 11 is -1.06. The van der Waals surface area contributed by atoms with Gasteiger partial charge in [0.2, 0.25) is 0 Å². The second-order valence-electron chi connectivity index (χ2n) is 3.57. The Morgan fingerprint density at radius 2 is 1.05 bits per heavy atom. The van der Waals surface area contributed by atoms with Crippen LogP contribution in [0.4, 0.5) is 17.6 Å². The predicted octanol–water partition coefficient (Wildman–Crippen LogP) is 1.31. The molecule has 2 nitrogen and oxygen atoms in total. The molecule has 0 radical (unpaired) electrons. The van der Waals surface area contributed by atoms with E-state index in [1.165, 1.54) is 0 Å². The number of hydrogen-bond acceptors (Lipinski definition) is 2. The molecule has 0 bridgehead atoms. The number of hydrogen-bond donors (Lipinski definition) is 2. The number of rotatable bonds is 2. The van der Waals surface area contributed by atoms with E-state index in [1.54, 1.807) is 0 Å². The summed E-state index contributed by atoms with van der Waals surface area (Å²) in [5.41, 5.74) is 0. The van der Waals surface area contributed by atoms with Crippen molar-refractivity contribution >= 4 is 23.9 Å². The summed E-state index contributed by atoms with van der Waals surface area (Å²) in [4.78, 5) is 0. The maximum absolute atomic E-state index is 13.1. The molecule has 0 fully saturated rings. The van der Waals surface area contributed by atoms with Crippen molar-refractivity contribution < 1.29 is 27.8 Å². The third-order valence-corrected chi connectivity index (χ3v) is 4.43. The molecule has 0 aliphatic rings. The molecule has 2 aromatic rings. The molecular formula is C12H6F4O2Se. The first-order chi connectivity index (χ1) is 8.88. The summed E-state index contributed by atoms with van der Waals surface area (Å²) in [6.07, 6.45) is 0. The van der Waals surface area contributed by atoms with Gasteiger partial charge in [0, 0.05) is 0 Å². The number of benzene rings is 2. The van der Waals surface area contributed by atoms with Gasteiger partial charge in [-0.1, -0.05) is 0 Å². The second kappa shape index (κ2) is 5.11. The van der Waals surface area contributed by atoms with Gasteiger partial charge in [-0.2, -0.15) is 0 Å². The molecule has 0 saturated carbocycles. The Bertz CT molecular complexity index is 591. The third-order valence-electron chi connectivity index (χ3n) is 2.21. The van der Waals surface area contributed by atoms with Crippen LogP contribution >= 0.6 is 0 Å². The number of phenolic OH excluding ortho intramolecular Hbond substituents is 2. The molecule has 0 aliphatic heterocycles. The first-order valence-corrected chi connectivity index (χ1v) is 6.63. The van der Waals surface area contributed by atoms with E-state index in [4.69, 9.17) is 0 Å². The molecule has 0 aromatic heterocycles. The fourth-order valence-corrected chi connectivity index (χ4v) is 3.39. The van der Waals surface area contributed by atoms with Crippen LogP contribution in [0.1, 0.15) is 0 Å². The second-order valence-corrected chi connectivity index (χ2v) is 5.84. The summed E-state index contributed by atoms with van der Waals surface area (Å²) < 4.78 is 51.9. The fourth-order valence-electron chi connectivity index (χ4n) is 1.36. The van der Waals surface area contributed by atoms with Crippen LogP contribution in [0.15, 0.2) is 24.3 Å². The van der Waals surface area contributed by atoms with Crippen molar-refractivity contribution in [2.75, 3.05) is 0 Å². The van der Waals surface area contributed by atoms with E-state index in [-0.39, 0.29) is 8.92 Å². The summed E-state index contributed by atoms with van der Waals surface area (Å²) in [6, 6.07) is 2.67. The van der Waals surface area contributed by atoms with Crippen molar-refractivity contribution in [2.24, 2.45) is 0 Å². The first kappa shape index (κ1) is 13.7. The first-order valence-electron chi connectivity index (χ1n) is 4.92. The average Bonchev–Trinajstić information content (AvgIpc) is 2.31. The van der Waals surface area contributed by atoms with E-state index in [0.717, 1.165) is 12.1 Å². The molecule has 2 aromatic carbocycles. The van der Waals surface area contributed by atoms with Gasteiger partial charge in [-0.25, -0.2) is 0 Å². The molecule has 0 atom stereocenters. The third kappa shape index (κ3) is 2.82. The Morgan fingerprint density at radius 1 is 0.684 bits per heavy atom. The van der Waals surface area contributed by atoms with Crippen LogP contribution in [0.5, 0.6) is 11.5 Å². The van der Waals surface area contributed by atoms with E-state index >= 15 is 0 Å². The zero-order valence-electron chi connectivity index (χ0n) is 9.12. The number of halogens is 4. The minimum atomic E-state index is -1.17. The quantitative estimate of drug-likeness (QED) is 0.641. The van der Waals surface area contributed by atoms with Gasteiger partial charge >= 0.3 is 111 Å². The molecule has 0 spiro atoms. The Hall–Kier alpha value is -1.72. The minimum absolute atomic E-state index is 0.162. The molecule has 0 unspecified atom stereocenters. The summed E-state index contributed by atoms with van der Waals surface area (Å²) in [5.74, 6) is -5.80. The van der Waals surface area contributed by atoms with Crippen LogP contribution in [0.25, 0.3) is 0 Å². The van der Waals surface area contributed by atoms with Gasteiger partial charge in [-0.15, -0.1) is 0 Å². The SMILES string of the molecule is Oc1c(F)cc(F)cc1[Se]c1cc(F)cc(F)c1O. The van der Waals surface area contributed by atoms with Crippen LogP contribution in [0.2, 0.25) is 0 Å². The molecule has 2 rings (SSSR count). The Morgan fingerprint density at radius 3 is 1.42 bits per heavy atom. The zero-order valence-corrected chi connectivity index (χ0v) is 10.8. The van der Waals surface area contributed by atoms with Crippen LogP contribution in [-0.2, 0) is 0 Å². The van der Waals surface area contributed by atoms with E-state index in [2.05, 4.69) is 0 Å². The normalized spacial score (nSPS) is 10.7. The van der Waals surface area contributed by atoms with Gasteiger partial charge in [0.05, 0.1) is 0 Å². The topological polar surface area (TPSA) is 40.5 Å². The van der Waals surface area contributed by atoms with E-state index in [0.29, 0.717) is 12.1 Å². The van der Waals surface area contributed by atoms with Crippen molar-refractivity contribution in [3.8, 4) is 11.5 Å². The molecular weight excluding hydrogens is 331 g/mol. The Kier molecular flexibility index (Phi) is 3.68. The Balaban J connectivity index is 2.47. The van der Waals surface area contributed by atoms with Gasteiger partial charge < -0.3 is 0 Å². The molecule has 0 amide bonds. The van der Waals surface area contributed by atoms with Gasteiger partial charge in [-0.05, 0) is 0 Å². The summed E-state index contributed by atoms with van der Waals surface area (Å²) in [6.45, 7) is 0. The van der Waals surface area contributed by atoms with E-state index in [1.807, 2.05) is 0 Å². The van der Waals surface area contributed by atoms with Crippen LogP contribution in [0.3, 0.4) is 0 Å². The van der Waals surface area contributed by atoms with Crippen LogP contribution < -0.4 is 8.92 Å². The van der Waals surface area contributed by atoms with Crippen molar-refractivity contribution in [3.05, 3.63) is 47.5 Å².